The minimum Gasteiger partial charge on any atom is -0.375 e. The van der Waals surface area contributed by atoms with Gasteiger partial charge in [-0.15, -0.1) is 16.6 Å². The summed E-state index contributed by atoms with van der Waals surface area (Å²) in [6.07, 6.45) is 5.86. The van der Waals surface area contributed by atoms with E-state index in [0.29, 0.717) is 22.0 Å². The van der Waals surface area contributed by atoms with E-state index in [4.69, 9.17) is 12.2 Å². The molecule has 0 spiro atoms. The molecular weight excluding hydrogens is 650 g/mol. The Hall–Kier alpha value is -5.92. The van der Waals surface area contributed by atoms with E-state index in [1.54, 1.807) is 17.0 Å². The SMILES string of the molecule is C#CCN(C(=O)NCc1ccc(F)cc1)N1CCN(Cc2cccc3sc(N)nc23)C(=O)[C@H](Cc2ccc(-c3nn[nH]n3)cc2)NC(=O)C1. The molecule has 1 aliphatic rings. The molecule has 250 valence electrons. The highest BCUT2D eigenvalue weighted by Crippen LogP contribution is 2.27. The predicted octanol–water partition coefficient (Wildman–Crippen LogP) is 2.33. The van der Waals surface area contributed by atoms with Crippen molar-refractivity contribution in [2.75, 3.05) is 31.9 Å². The fraction of sp³-hybridized carbons (Fsp3) is 0.242. The molecule has 2 aromatic heterocycles. The second kappa shape index (κ2) is 14.9. The molecular formula is C33H32FN11O3S. The molecule has 1 atom stereocenters. The Bertz CT molecular complexity index is 1980. The number of hydrazine groups is 1. The maximum absolute atomic E-state index is 14.3. The lowest BCUT2D eigenvalue weighted by molar-refractivity contribution is -0.136. The highest BCUT2D eigenvalue weighted by molar-refractivity contribution is 7.22. The third-order valence-electron chi connectivity index (χ3n) is 7.95. The average molecular weight is 682 g/mol. The summed E-state index contributed by atoms with van der Waals surface area (Å²) in [6, 6.07) is 17.3. The Morgan fingerprint density at radius 2 is 1.88 bits per heavy atom. The number of terminal acetylenes is 1. The van der Waals surface area contributed by atoms with Crippen LogP contribution in [-0.2, 0) is 29.1 Å². The fourth-order valence-electron chi connectivity index (χ4n) is 5.54. The van der Waals surface area contributed by atoms with Crippen LogP contribution in [0.3, 0.4) is 0 Å². The summed E-state index contributed by atoms with van der Waals surface area (Å²) in [5, 5.41) is 22.9. The third kappa shape index (κ3) is 7.97. The lowest BCUT2D eigenvalue weighted by atomic mass is 10.0. The molecule has 16 heteroatoms. The zero-order valence-electron chi connectivity index (χ0n) is 26.2. The summed E-state index contributed by atoms with van der Waals surface area (Å²) in [7, 11) is 0. The molecule has 3 aromatic carbocycles. The number of carbonyl (C=O) groups is 3. The molecule has 14 nitrogen and oxygen atoms in total. The number of nitrogen functional groups attached to an aromatic ring is 1. The Kier molecular flexibility index (Phi) is 10.0. The Morgan fingerprint density at radius 3 is 2.61 bits per heavy atom. The molecule has 5 aromatic rings. The van der Waals surface area contributed by atoms with Crippen LogP contribution in [0.15, 0.2) is 66.7 Å². The van der Waals surface area contributed by atoms with E-state index >= 15 is 0 Å². The number of nitrogens with two attached hydrogens (primary N) is 1. The second-order valence-corrected chi connectivity index (χ2v) is 12.3. The van der Waals surface area contributed by atoms with E-state index in [0.717, 1.165) is 21.4 Å². The number of halogens is 1. The average Bonchev–Trinajstić information content (AvgIpc) is 3.78. The summed E-state index contributed by atoms with van der Waals surface area (Å²) in [5.74, 6) is 1.76. The van der Waals surface area contributed by atoms with Gasteiger partial charge in [0.05, 0.1) is 23.3 Å². The van der Waals surface area contributed by atoms with Gasteiger partial charge >= 0.3 is 6.03 Å². The summed E-state index contributed by atoms with van der Waals surface area (Å²) >= 11 is 1.35. The zero-order valence-corrected chi connectivity index (χ0v) is 27.0. The Morgan fingerprint density at radius 1 is 1.10 bits per heavy atom. The lowest BCUT2D eigenvalue weighted by Gasteiger charge is -2.34. The number of tetrazole rings is 1. The van der Waals surface area contributed by atoms with Crippen molar-refractivity contribution in [2.45, 2.75) is 25.6 Å². The van der Waals surface area contributed by atoms with Gasteiger partial charge in [-0.2, -0.15) is 5.21 Å². The van der Waals surface area contributed by atoms with Crippen LogP contribution >= 0.6 is 11.3 Å². The van der Waals surface area contributed by atoms with Gasteiger partial charge < -0.3 is 21.3 Å². The van der Waals surface area contributed by atoms with E-state index in [-0.39, 0.29) is 57.4 Å². The fourth-order valence-corrected chi connectivity index (χ4v) is 6.32. The van der Waals surface area contributed by atoms with Gasteiger partial charge in [0.25, 0.3) is 0 Å². The van der Waals surface area contributed by atoms with Gasteiger partial charge in [-0.1, -0.05) is 65.8 Å². The summed E-state index contributed by atoms with van der Waals surface area (Å²) in [5.41, 5.74) is 9.71. The van der Waals surface area contributed by atoms with Crippen LogP contribution in [0.5, 0.6) is 0 Å². The molecule has 1 saturated heterocycles. The largest absolute Gasteiger partial charge is 0.375 e. The number of benzene rings is 3. The molecule has 49 heavy (non-hydrogen) atoms. The standard InChI is InChI=1S/C33H32FN11O3S/c1-2-14-45(33(48)36-18-22-8-12-25(34)13-9-22)44-16-15-43(19-24-4-3-5-27-29(24)38-32(35)49-27)31(47)26(37-28(46)20-44)17-21-6-10-23(11-7-21)30-39-41-42-40-30/h1,3-13,26H,14-20H2,(H2,35,38)(H,36,48)(H,37,46)(H,39,40,41,42)/t26-/m0/s1. The number of thiazole rings is 1. The van der Waals surface area contributed by atoms with E-state index in [2.05, 4.69) is 42.2 Å². The quantitative estimate of drug-likeness (QED) is 0.170. The number of aromatic amines is 1. The first-order valence-electron chi connectivity index (χ1n) is 15.3. The number of amides is 4. The minimum atomic E-state index is -0.920. The van der Waals surface area contributed by atoms with Crippen LogP contribution < -0.4 is 16.4 Å². The minimum absolute atomic E-state index is 0.110. The first kappa shape index (κ1) is 33.0. The maximum atomic E-state index is 14.3. The van der Waals surface area contributed by atoms with Gasteiger partial charge in [-0.25, -0.2) is 24.2 Å². The lowest BCUT2D eigenvalue weighted by Crippen LogP contribution is -2.55. The summed E-state index contributed by atoms with van der Waals surface area (Å²) in [4.78, 5) is 47.4. The van der Waals surface area contributed by atoms with Crippen molar-refractivity contribution in [3.8, 4) is 23.7 Å². The molecule has 0 bridgehead atoms. The second-order valence-electron chi connectivity index (χ2n) is 11.3. The number of urea groups is 1. The van der Waals surface area contributed by atoms with Crippen molar-refractivity contribution < 1.29 is 18.8 Å². The zero-order chi connectivity index (χ0) is 34.3. The number of para-hydroxylation sites is 1. The monoisotopic (exact) mass is 681 g/mol. The first-order chi connectivity index (χ1) is 23.8. The number of hydrogen-bond acceptors (Lipinski definition) is 10. The number of aromatic nitrogens is 5. The molecule has 5 N–H and O–H groups in total. The molecule has 0 saturated carbocycles. The van der Waals surface area contributed by atoms with Crippen molar-refractivity contribution >= 4 is 44.5 Å². The topological polar surface area (TPSA) is 178 Å². The van der Waals surface area contributed by atoms with Crippen LogP contribution in [0, 0.1) is 18.2 Å². The van der Waals surface area contributed by atoms with E-state index in [1.165, 1.54) is 33.5 Å². The van der Waals surface area contributed by atoms with E-state index < -0.39 is 18.0 Å². The molecule has 4 amide bonds. The van der Waals surface area contributed by atoms with E-state index in [9.17, 15) is 18.8 Å². The van der Waals surface area contributed by atoms with Crippen molar-refractivity contribution in [1.82, 2.24) is 51.2 Å². The van der Waals surface area contributed by atoms with Gasteiger partial charge in [0, 0.05) is 38.2 Å². The number of fused-ring (bicyclic) bond motifs is 1. The Balaban J connectivity index is 1.26. The Labute approximate surface area is 284 Å². The number of anilines is 1. The normalized spacial score (nSPS) is 15.6. The summed E-state index contributed by atoms with van der Waals surface area (Å²) < 4.78 is 14.3. The van der Waals surface area contributed by atoms with Crippen LogP contribution in [0.25, 0.3) is 21.6 Å². The van der Waals surface area contributed by atoms with Crippen LogP contribution in [-0.4, -0.2) is 90.6 Å². The number of nitrogens with zero attached hydrogens (tertiary/aromatic N) is 7. The number of H-pyrrole nitrogens is 1. The van der Waals surface area contributed by atoms with Crippen molar-refractivity contribution in [2.24, 2.45) is 0 Å². The van der Waals surface area contributed by atoms with Crippen molar-refractivity contribution in [3.05, 3.63) is 89.2 Å². The first-order valence-corrected chi connectivity index (χ1v) is 16.1. The molecule has 0 aliphatic carbocycles. The number of nitrogens with one attached hydrogen (secondary N) is 3. The maximum Gasteiger partial charge on any atom is 0.333 e. The highest BCUT2D eigenvalue weighted by Gasteiger charge is 2.32. The van der Waals surface area contributed by atoms with Gasteiger partial charge in [-0.05, 0) is 40.1 Å². The molecule has 1 fully saturated rings. The van der Waals surface area contributed by atoms with Crippen molar-refractivity contribution in [3.63, 3.8) is 0 Å². The predicted molar refractivity (Wildman–Crippen MR) is 180 cm³/mol. The number of hydrogen-bond donors (Lipinski definition) is 4. The van der Waals surface area contributed by atoms with Gasteiger partial charge in [-0.3, -0.25) is 9.59 Å². The van der Waals surface area contributed by atoms with Crippen LogP contribution in [0.4, 0.5) is 14.3 Å². The molecule has 6 rings (SSSR count). The van der Waals surface area contributed by atoms with Gasteiger partial charge in [0.1, 0.15) is 11.9 Å². The molecule has 0 unspecified atom stereocenters. The third-order valence-corrected chi connectivity index (χ3v) is 8.80. The highest BCUT2D eigenvalue weighted by atomic mass is 32.1. The van der Waals surface area contributed by atoms with Crippen molar-refractivity contribution in [1.29, 1.82) is 0 Å². The summed E-state index contributed by atoms with van der Waals surface area (Å²) in [6.45, 7) is 0.194. The van der Waals surface area contributed by atoms with E-state index in [1.807, 2.05) is 42.5 Å². The number of carbonyl (C=O) groups excluding carboxylic acids is 3. The van der Waals surface area contributed by atoms with Gasteiger partial charge in [0.2, 0.25) is 17.6 Å². The van der Waals surface area contributed by atoms with Crippen LogP contribution in [0.1, 0.15) is 16.7 Å². The smallest absolute Gasteiger partial charge is 0.333 e. The van der Waals surface area contributed by atoms with Crippen LogP contribution in [0.2, 0.25) is 0 Å². The van der Waals surface area contributed by atoms with Gasteiger partial charge in [0.15, 0.2) is 5.13 Å². The molecule has 1 aliphatic heterocycles. The molecule has 0 radical (unpaired) electrons. The molecule has 3 heterocycles. The number of rotatable bonds is 9.